The van der Waals surface area contributed by atoms with Crippen LogP contribution in [0.4, 0.5) is 5.69 Å². The molecule has 0 saturated heterocycles. The van der Waals surface area contributed by atoms with E-state index in [0.717, 1.165) is 27.7 Å². The Bertz CT molecular complexity index is 919. The molecule has 0 N–H and O–H groups in total. The predicted octanol–water partition coefficient (Wildman–Crippen LogP) is 4.13. The second kappa shape index (κ2) is 5.79. The second-order valence-corrected chi connectivity index (χ2v) is 7.10. The maximum absolute atomic E-state index is 11.4. The standard InChI is InChI=1S/C17H13N3OS2/c1-20(12-4-5-15-11(9-12)6-8-22-15)17-19-14(10-21)13-3-2-7-18-16(13)23-17/h2-10,14H,1H3. The van der Waals surface area contributed by atoms with Gasteiger partial charge in [0.2, 0.25) is 0 Å². The molecule has 3 aromatic rings. The smallest absolute Gasteiger partial charge is 0.170 e. The summed E-state index contributed by atoms with van der Waals surface area (Å²) in [6.45, 7) is 0. The molecule has 0 radical (unpaired) electrons. The zero-order valence-corrected chi connectivity index (χ0v) is 14.0. The lowest BCUT2D eigenvalue weighted by atomic mass is 10.1. The van der Waals surface area contributed by atoms with E-state index in [4.69, 9.17) is 0 Å². The Kier molecular flexibility index (Phi) is 3.63. The molecule has 3 heterocycles. The van der Waals surface area contributed by atoms with Gasteiger partial charge in [0.05, 0.1) is 0 Å². The van der Waals surface area contributed by atoms with Crippen LogP contribution in [-0.4, -0.2) is 23.5 Å². The summed E-state index contributed by atoms with van der Waals surface area (Å²) in [5, 5.41) is 4.93. The van der Waals surface area contributed by atoms with Crippen molar-refractivity contribution < 1.29 is 4.79 Å². The monoisotopic (exact) mass is 339 g/mol. The summed E-state index contributed by atoms with van der Waals surface area (Å²) < 4.78 is 1.26. The third-order valence-corrected chi connectivity index (χ3v) is 5.79. The second-order valence-electron chi connectivity index (χ2n) is 5.19. The van der Waals surface area contributed by atoms with Gasteiger partial charge < -0.3 is 9.69 Å². The molecule has 1 aromatic carbocycles. The van der Waals surface area contributed by atoms with Crippen LogP contribution in [-0.2, 0) is 4.79 Å². The van der Waals surface area contributed by atoms with Crippen LogP contribution in [0.5, 0.6) is 0 Å². The summed E-state index contributed by atoms with van der Waals surface area (Å²) in [6, 6.07) is 11.7. The van der Waals surface area contributed by atoms with E-state index < -0.39 is 6.04 Å². The highest BCUT2D eigenvalue weighted by atomic mass is 32.2. The number of thioether (sulfide) groups is 1. The molecule has 1 aliphatic rings. The summed E-state index contributed by atoms with van der Waals surface area (Å²) in [6.07, 6.45) is 2.62. The highest BCUT2D eigenvalue weighted by molar-refractivity contribution is 8.14. The van der Waals surface area contributed by atoms with Crippen LogP contribution in [0.2, 0.25) is 0 Å². The van der Waals surface area contributed by atoms with Gasteiger partial charge in [-0.3, -0.25) is 0 Å². The number of anilines is 1. The summed E-state index contributed by atoms with van der Waals surface area (Å²) >= 11 is 3.22. The van der Waals surface area contributed by atoms with E-state index in [2.05, 4.69) is 39.6 Å². The number of fused-ring (bicyclic) bond motifs is 2. The Morgan fingerprint density at radius 3 is 3.04 bits per heavy atom. The number of carbonyl (C=O) groups excluding carboxylic acids is 1. The number of carbonyl (C=O) groups is 1. The van der Waals surface area contributed by atoms with Crippen molar-refractivity contribution >= 4 is 50.3 Å². The van der Waals surface area contributed by atoms with E-state index in [1.54, 1.807) is 17.5 Å². The predicted molar refractivity (Wildman–Crippen MR) is 96.6 cm³/mol. The van der Waals surface area contributed by atoms with Crippen LogP contribution >= 0.6 is 23.1 Å². The van der Waals surface area contributed by atoms with Crippen LogP contribution in [0.1, 0.15) is 11.6 Å². The fourth-order valence-electron chi connectivity index (χ4n) is 2.55. The Balaban J connectivity index is 1.72. The molecule has 0 bridgehead atoms. The van der Waals surface area contributed by atoms with Crippen molar-refractivity contribution in [3.05, 3.63) is 53.5 Å². The van der Waals surface area contributed by atoms with Crippen molar-refractivity contribution in [2.24, 2.45) is 4.99 Å². The van der Waals surface area contributed by atoms with Crippen molar-refractivity contribution in [2.45, 2.75) is 11.1 Å². The van der Waals surface area contributed by atoms with Gasteiger partial charge in [0, 0.05) is 29.2 Å². The molecule has 0 amide bonds. The zero-order valence-electron chi connectivity index (χ0n) is 12.3. The molecular weight excluding hydrogens is 326 g/mol. The van der Waals surface area contributed by atoms with Gasteiger partial charge in [-0.15, -0.1) is 11.3 Å². The molecule has 4 nitrogen and oxygen atoms in total. The highest BCUT2D eigenvalue weighted by Gasteiger charge is 2.25. The number of aromatic nitrogens is 1. The molecule has 0 saturated carbocycles. The van der Waals surface area contributed by atoms with Crippen molar-refractivity contribution in [1.82, 2.24) is 4.98 Å². The molecule has 4 rings (SSSR count). The lowest BCUT2D eigenvalue weighted by molar-refractivity contribution is -0.109. The van der Waals surface area contributed by atoms with Gasteiger partial charge in [-0.25, -0.2) is 9.98 Å². The number of hydrogen-bond acceptors (Lipinski definition) is 6. The van der Waals surface area contributed by atoms with E-state index >= 15 is 0 Å². The molecule has 114 valence electrons. The molecule has 0 fully saturated rings. The average molecular weight is 339 g/mol. The van der Waals surface area contributed by atoms with E-state index in [9.17, 15) is 4.79 Å². The van der Waals surface area contributed by atoms with Gasteiger partial charge in [-0.1, -0.05) is 6.07 Å². The summed E-state index contributed by atoms with van der Waals surface area (Å²) in [4.78, 5) is 22.4. The lowest BCUT2D eigenvalue weighted by Gasteiger charge is -2.26. The van der Waals surface area contributed by atoms with Gasteiger partial charge in [0.1, 0.15) is 17.4 Å². The first-order valence-electron chi connectivity index (χ1n) is 7.13. The Morgan fingerprint density at radius 2 is 2.17 bits per heavy atom. The van der Waals surface area contributed by atoms with Crippen LogP contribution in [0, 0.1) is 0 Å². The van der Waals surface area contributed by atoms with E-state index in [-0.39, 0.29) is 0 Å². The van der Waals surface area contributed by atoms with Crippen LogP contribution in [0.25, 0.3) is 10.1 Å². The maximum Gasteiger partial charge on any atom is 0.170 e. The number of aldehydes is 1. The Labute approximate surface area is 141 Å². The molecule has 2 aromatic heterocycles. The third kappa shape index (κ3) is 2.54. The summed E-state index contributed by atoms with van der Waals surface area (Å²) in [5.74, 6) is 0. The molecular formula is C17H13N3OS2. The fraction of sp³-hybridized carbons (Fsp3) is 0.118. The molecule has 1 aliphatic heterocycles. The van der Waals surface area contributed by atoms with Gasteiger partial charge >= 0.3 is 0 Å². The molecule has 6 heteroatoms. The first-order valence-corrected chi connectivity index (χ1v) is 8.83. The number of hydrogen-bond donors (Lipinski definition) is 0. The summed E-state index contributed by atoms with van der Waals surface area (Å²) in [7, 11) is 1.97. The SMILES string of the molecule is CN(C1=NC(C=O)c2cccnc2S1)c1ccc2sccc2c1. The van der Waals surface area contributed by atoms with Crippen molar-refractivity contribution in [3.8, 4) is 0 Å². The van der Waals surface area contributed by atoms with Crippen LogP contribution < -0.4 is 4.90 Å². The number of rotatable bonds is 2. The van der Waals surface area contributed by atoms with Crippen LogP contribution in [0.3, 0.4) is 0 Å². The van der Waals surface area contributed by atoms with Gasteiger partial charge in [-0.05, 0) is 52.9 Å². The molecule has 0 aliphatic carbocycles. The number of thiophene rings is 1. The lowest BCUT2D eigenvalue weighted by Crippen LogP contribution is -2.27. The largest absolute Gasteiger partial charge is 0.324 e. The maximum atomic E-state index is 11.4. The highest BCUT2D eigenvalue weighted by Crippen LogP contribution is 2.36. The van der Waals surface area contributed by atoms with Crippen LogP contribution in [0.15, 0.2) is 58.0 Å². The first-order chi connectivity index (χ1) is 11.3. The van der Waals surface area contributed by atoms with Crippen molar-refractivity contribution in [1.29, 1.82) is 0 Å². The number of aliphatic imine (C=N–C) groups is 1. The molecule has 1 unspecified atom stereocenters. The molecule has 1 atom stereocenters. The van der Waals surface area contributed by atoms with E-state index in [0.29, 0.717) is 0 Å². The minimum Gasteiger partial charge on any atom is -0.324 e. The first kappa shape index (κ1) is 14.4. The van der Waals surface area contributed by atoms with Crippen molar-refractivity contribution in [2.75, 3.05) is 11.9 Å². The molecule has 0 spiro atoms. The molecule has 23 heavy (non-hydrogen) atoms. The zero-order chi connectivity index (χ0) is 15.8. The Hall–Kier alpha value is -2.18. The Morgan fingerprint density at radius 1 is 1.26 bits per heavy atom. The third-order valence-electron chi connectivity index (χ3n) is 3.80. The fourth-order valence-corrected chi connectivity index (χ4v) is 4.32. The minimum atomic E-state index is -0.484. The number of pyridine rings is 1. The van der Waals surface area contributed by atoms with Gasteiger partial charge in [-0.2, -0.15) is 0 Å². The van der Waals surface area contributed by atoms with Gasteiger partial charge in [0.25, 0.3) is 0 Å². The summed E-state index contributed by atoms with van der Waals surface area (Å²) in [5.41, 5.74) is 1.92. The van der Waals surface area contributed by atoms with E-state index in [1.165, 1.54) is 21.8 Å². The normalized spacial score (nSPS) is 16.7. The van der Waals surface area contributed by atoms with E-state index in [1.807, 2.05) is 24.1 Å². The van der Waals surface area contributed by atoms with Crippen molar-refractivity contribution in [3.63, 3.8) is 0 Å². The minimum absolute atomic E-state index is 0.484. The number of nitrogens with zero attached hydrogens (tertiary/aromatic N) is 3. The average Bonchev–Trinajstić information content (AvgIpc) is 3.07. The quantitative estimate of drug-likeness (QED) is 0.659. The topological polar surface area (TPSA) is 45.6 Å². The number of amidine groups is 1. The number of benzene rings is 1. The van der Waals surface area contributed by atoms with Gasteiger partial charge in [0.15, 0.2) is 5.17 Å².